The quantitative estimate of drug-likeness (QED) is 0.715. The fourth-order valence-corrected chi connectivity index (χ4v) is 3.72. The van der Waals surface area contributed by atoms with Crippen LogP contribution >= 0.6 is 0 Å². The Hall–Kier alpha value is -3.19. The van der Waals surface area contributed by atoms with Gasteiger partial charge < -0.3 is 20.3 Å². The van der Waals surface area contributed by atoms with Crippen LogP contribution in [-0.2, 0) is 11.2 Å². The summed E-state index contributed by atoms with van der Waals surface area (Å²) in [5.41, 5.74) is 8.17. The molecule has 1 aliphatic rings. The number of benzene rings is 2. The van der Waals surface area contributed by atoms with Gasteiger partial charge in [0.15, 0.2) is 0 Å². The molecule has 29 heavy (non-hydrogen) atoms. The lowest BCUT2D eigenvalue weighted by Gasteiger charge is -2.36. The average molecular weight is 391 g/mol. The minimum Gasteiger partial charge on any atom is -0.497 e. The molecule has 7 heteroatoms. The number of carbonyl (C=O) groups excluding carboxylic acids is 1. The van der Waals surface area contributed by atoms with Crippen molar-refractivity contribution in [3.8, 4) is 5.75 Å². The molecule has 0 saturated carbocycles. The number of anilines is 1. The van der Waals surface area contributed by atoms with Crippen molar-refractivity contribution >= 4 is 22.6 Å². The first-order valence-corrected chi connectivity index (χ1v) is 9.77. The summed E-state index contributed by atoms with van der Waals surface area (Å²) in [7, 11) is 1.63. The van der Waals surface area contributed by atoms with Crippen molar-refractivity contribution < 1.29 is 9.53 Å². The van der Waals surface area contributed by atoms with E-state index in [-0.39, 0.29) is 5.91 Å². The number of fused-ring (bicyclic) bond motifs is 1. The van der Waals surface area contributed by atoms with Crippen molar-refractivity contribution in [2.75, 3.05) is 38.2 Å². The van der Waals surface area contributed by atoms with Crippen molar-refractivity contribution in [3.63, 3.8) is 0 Å². The predicted octanol–water partition coefficient (Wildman–Crippen LogP) is 1.86. The normalized spacial score (nSPS) is 15.4. The topological polar surface area (TPSA) is 84.6 Å². The summed E-state index contributed by atoms with van der Waals surface area (Å²) in [6, 6.07) is 15.1. The molecule has 1 fully saturated rings. The number of hydrogen-bond acceptors (Lipinski definition) is 6. The molecular weight excluding hydrogens is 366 g/mol. The Morgan fingerprint density at radius 2 is 1.79 bits per heavy atom. The summed E-state index contributed by atoms with van der Waals surface area (Å²) in [5.74, 6) is 1.71. The Morgan fingerprint density at radius 1 is 1.07 bits per heavy atom. The van der Waals surface area contributed by atoms with Crippen LogP contribution in [0.3, 0.4) is 0 Å². The van der Waals surface area contributed by atoms with Gasteiger partial charge in [-0.25, -0.2) is 9.97 Å². The zero-order chi connectivity index (χ0) is 20.2. The van der Waals surface area contributed by atoms with E-state index in [0.29, 0.717) is 19.5 Å². The van der Waals surface area contributed by atoms with Gasteiger partial charge in [-0.2, -0.15) is 0 Å². The number of piperazine rings is 1. The molecule has 3 aromatic rings. The molecule has 4 rings (SSSR count). The molecule has 2 N–H and O–H groups in total. The van der Waals surface area contributed by atoms with Crippen LogP contribution in [0.15, 0.2) is 54.9 Å². The Bertz CT molecular complexity index is 979. The lowest BCUT2D eigenvalue weighted by molar-refractivity contribution is -0.132. The molecule has 1 amide bonds. The number of rotatable bonds is 5. The SMILES string of the molecule is COc1ccc(C[C@@H](N)C(=O)N2CCN(c3ncnc4ccccc34)CC2)cc1. The smallest absolute Gasteiger partial charge is 0.239 e. The maximum absolute atomic E-state index is 12.8. The fourth-order valence-electron chi connectivity index (χ4n) is 3.72. The molecule has 1 aliphatic heterocycles. The molecule has 2 aromatic carbocycles. The van der Waals surface area contributed by atoms with Crippen LogP contribution < -0.4 is 15.4 Å². The summed E-state index contributed by atoms with van der Waals surface area (Å²) in [6.07, 6.45) is 2.11. The van der Waals surface area contributed by atoms with Crippen LogP contribution in [-0.4, -0.2) is 60.1 Å². The highest BCUT2D eigenvalue weighted by Gasteiger charge is 2.26. The van der Waals surface area contributed by atoms with E-state index in [1.54, 1.807) is 13.4 Å². The summed E-state index contributed by atoms with van der Waals surface area (Å²) >= 11 is 0. The van der Waals surface area contributed by atoms with E-state index in [0.717, 1.165) is 41.1 Å². The Labute approximate surface area is 170 Å². The van der Waals surface area contributed by atoms with Gasteiger partial charge in [-0.05, 0) is 36.2 Å². The average Bonchev–Trinajstić information content (AvgIpc) is 2.79. The molecule has 0 unspecified atom stereocenters. The van der Waals surface area contributed by atoms with Gasteiger partial charge in [-0.3, -0.25) is 4.79 Å². The molecule has 150 valence electrons. The second-order valence-electron chi connectivity index (χ2n) is 7.19. The fraction of sp³-hybridized carbons (Fsp3) is 0.318. The molecule has 1 aromatic heterocycles. The van der Waals surface area contributed by atoms with Crippen LogP contribution in [0.2, 0.25) is 0 Å². The molecule has 0 radical (unpaired) electrons. The number of aromatic nitrogens is 2. The molecule has 0 spiro atoms. The van der Waals surface area contributed by atoms with Gasteiger partial charge in [0.1, 0.15) is 17.9 Å². The van der Waals surface area contributed by atoms with Crippen LogP contribution in [0.25, 0.3) is 10.9 Å². The third-order valence-corrected chi connectivity index (χ3v) is 5.34. The first-order chi connectivity index (χ1) is 14.2. The Balaban J connectivity index is 1.37. The van der Waals surface area contributed by atoms with Gasteiger partial charge in [0.05, 0.1) is 18.7 Å². The Kier molecular flexibility index (Phi) is 5.57. The standard InChI is InChI=1S/C22H25N5O2/c1-29-17-8-6-16(7-9-17)14-19(23)22(28)27-12-10-26(11-13-27)21-18-4-2-3-5-20(18)24-15-25-21/h2-9,15,19H,10-14,23H2,1H3/t19-/m1/s1. The molecule has 0 aliphatic carbocycles. The van der Waals surface area contributed by atoms with Crippen LogP contribution in [0.1, 0.15) is 5.56 Å². The molecule has 2 heterocycles. The first-order valence-electron chi connectivity index (χ1n) is 9.77. The van der Waals surface area contributed by atoms with E-state index in [4.69, 9.17) is 10.5 Å². The van der Waals surface area contributed by atoms with Gasteiger partial charge in [0.2, 0.25) is 5.91 Å². The molecule has 7 nitrogen and oxygen atoms in total. The van der Waals surface area contributed by atoms with Gasteiger partial charge >= 0.3 is 0 Å². The van der Waals surface area contributed by atoms with Crippen LogP contribution in [0, 0.1) is 0 Å². The number of hydrogen-bond donors (Lipinski definition) is 1. The molecule has 1 atom stereocenters. The maximum atomic E-state index is 12.8. The highest BCUT2D eigenvalue weighted by Crippen LogP contribution is 2.23. The monoisotopic (exact) mass is 391 g/mol. The number of nitrogens with two attached hydrogens (primary N) is 1. The molecular formula is C22H25N5O2. The van der Waals surface area contributed by atoms with Crippen LogP contribution in [0.4, 0.5) is 5.82 Å². The van der Waals surface area contributed by atoms with Gasteiger partial charge in [0, 0.05) is 31.6 Å². The van der Waals surface area contributed by atoms with Crippen molar-refractivity contribution in [2.45, 2.75) is 12.5 Å². The first kappa shape index (κ1) is 19.1. The van der Waals surface area contributed by atoms with Crippen molar-refractivity contribution in [2.24, 2.45) is 5.73 Å². The highest BCUT2D eigenvalue weighted by atomic mass is 16.5. The molecule has 0 bridgehead atoms. The number of nitrogens with zero attached hydrogens (tertiary/aromatic N) is 4. The van der Waals surface area contributed by atoms with E-state index in [2.05, 4.69) is 14.9 Å². The van der Waals surface area contributed by atoms with E-state index in [1.807, 2.05) is 53.4 Å². The minimum atomic E-state index is -0.546. The number of amides is 1. The second-order valence-corrected chi connectivity index (χ2v) is 7.19. The zero-order valence-corrected chi connectivity index (χ0v) is 16.5. The van der Waals surface area contributed by atoms with Gasteiger partial charge in [0.25, 0.3) is 0 Å². The summed E-state index contributed by atoms with van der Waals surface area (Å²) in [5, 5.41) is 1.03. The van der Waals surface area contributed by atoms with Crippen molar-refractivity contribution in [1.29, 1.82) is 0 Å². The summed E-state index contributed by atoms with van der Waals surface area (Å²) in [6.45, 7) is 2.71. The number of methoxy groups -OCH3 is 1. The summed E-state index contributed by atoms with van der Waals surface area (Å²) in [4.78, 5) is 25.7. The Morgan fingerprint density at radius 3 is 2.52 bits per heavy atom. The lowest BCUT2D eigenvalue weighted by Crippen LogP contribution is -2.53. The second kappa shape index (κ2) is 8.45. The van der Waals surface area contributed by atoms with Crippen LogP contribution in [0.5, 0.6) is 5.75 Å². The van der Waals surface area contributed by atoms with Gasteiger partial charge in [-0.1, -0.05) is 24.3 Å². The minimum absolute atomic E-state index is 0.00647. The number of carbonyl (C=O) groups is 1. The van der Waals surface area contributed by atoms with Crippen molar-refractivity contribution in [1.82, 2.24) is 14.9 Å². The van der Waals surface area contributed by atoms with Crippen molar-refractivity contribution in [3.05, 3.63) is 60.4 Å². The summed E-state index contributed by atoms with van der Waals surface area (Å²) < 4.78 is 5.17. The highest BCUT2D eigenvalue weighted by molar-refractivity contribution is 5.89. The van der Waals surface area contributed by atoms with E-state index in [1.165, 1.54) is 0 Å². The third kappa shape index (κ3) is 4.14. The number of ether oxygens (including phenoxy) is 1. The molecule has 1 saturated heterocycles. The largest absolute Gasteiger partial charge is 0.497 e. The van der Waals surface area contributed by atoms with E-state index >= 15 is 0 Å². The number of para-hydroxylation sites is 1. The maximum Gasteiger partial charge on any atom is 0.239 e. The predicted molar refractivity (Wildman–Crippen MR) is 113 cm³/mol. The van der Waals surface area contributed by atoms with Gasteiger partial charge in [-0.15, -0.1) is 0 Å². The third-order valence-electron chi connectivity index (χ3n) is 5.34. The van der Waals surface area contributed by atoms with E-state index < -0.39 is 6.04 Å². The lowest BCUT2D eigenvalue weighted by atomic mass is 10.0. The van der Waals surface area contributed by atoms with E-state index in [9.17, 15) is 4.79 Å². The zero-order valence-electron chi connectivity index (χ0n) is 16.5.